The van der Waals surface area contributed by atoms with E-state index in [2.05, 4.69) is 88.5 Å². The first-order valence-electron chi connectivity index (χ1n) is 17.6. The summed E-state index contributed by atoms with van der Waals surface area (Å²) in [6.45, 7) is 18.1. The monoisotopic (exact) mass is 608 g/mol. The number of rotatable bonds is 3. The Kier molecular flexibility index (Phi) is 5.99. The average Bonchev–Trinajstić information content (AvgIpc) is 3.59. The lowest BCUT2D eigenvalue weighted by Crippen LogP contribution is -2.65. The van der Waals surface area contributed by atoms with Crippen LogP contribution < -0.4 is 0 Å². The molecule has 6 nitrogen and oxygen atoms in total. The summed E-state index contributed by atoms with van der Waals surface area (Å²) in [7, 11) is 0. The van der Waals surface area contributed by atoms with Crippen LogP contribution in [0.15, 0.2) is 42.1 Å². The third kappa shape index (κ3) is 3.77. The Morgan fingerprint density at radius 2 is 1.78 bits per heavy atom. The van der Waals surface area contributed by atoms with E-state index in [1.165, 1.54) is 46.3 Å². The van der Waals surface area contributed by atoms with E-state index in [-0.39, 0.29) is 33.0 Å². The van der Waals surface area contributed by atoms with Crippen molar-refractivity contribution in [2.75, 3.05) is 0 Å². The number of nitrogens with zero attached hydrogens (tertiary/aromatic N) is 3. The number of H-pyrrole nitrogens is 1. The summed E-state index contributed by atoms with van der Waals surface area (Å²) in [5.41, 5.74) is 6.24. The van der Waals surface area contributed by atoms with Gasteiger partial charge in [-0.25, -0.2) is 4.68 Å². The van der Waals surface area contributed by atoms with Crippen molar-refractivity contribution in [1.82, 2.24) is 20.0 Å². The molecule has 1 aromatic carbocycles. The third-order valence-corrected chi connectivity index (χ3v) is 15.1. The zero-order valence-corrected chi connectivity index (χ0v) is 28.5. The Balaban J connectivity index is 1.17. The highest BCUT2D eigenvalue weighted by molar-refractivity contribution is 5.80. The molecule has 45 heavy (non-hydrogen) atoms. The topological polar surface area (TPSA) is 83.8 Å². The van der Waals surface area contributed by atoms with Gasteiger partial charge in [-0.2, -0.15) is 0 Å². The van der Waals surface area contributed by atoms with Gasteiger partial charge in [0.25, 0.3) is 0 Å². The minimum absolute atomic E-state index is 0.0272. The van der Waals surface area contributed by atoms with E-state index in [0.717, 1.165) is 51.5 Å². The van der Waals surface area contributed by atoms with Gasteiger partial charge in [0, 0.05) is 17.1 Å². The number of hydrogen-bond donors (Lipinski definition) is 2. The van der Waals surface area contributed by atoms with Crippen LogP contribution in [0.2, 0.25) is 0 Å². The highest BCUT2D eigenvalue weighted by atomic mass is 16.4. The van der Waals surface area contributed by atoms with E-state index in [4.69, 9.17) is 10.3 Å². The van der Waals surface area contributed by atoms with E-state index < -0.39 is 11.4 Å². The molecular formula is C39H52N4O2. The fourth-order valence-corrected chi connectivity index (χ4v) is 12.6. The lowest BCUT2D eigenvalue weighted by molar-refractivity contribution is -0.177. The van der Waals surface area contributed by atoms with Crippen LogP contribution in [0.4, 0.5) is 0 Å². The number of benzene rings is 1. The zero-order valence-electron chi connectivity index (χ0n) is 28.5. The van der Waals surface area contributed by atoms with E-state index in [0.29, 0.717) is 11.8 Å². The van der Waals surface area contributed by atoms with Gasteiger partial charge in [0.05, 0.1) is 23.3 Å². The summed E-state index contributed by atoms with van der Waals surface area (Å²) in [5, 5.41) is 21.7. The van der Waals surface area contributed by atoms with Gasteiger partial charge >= 0.3 is 5.97 Å². The number of hydrogen-bond acceptors (Lipinski definition) is 3. The van der Waals surface area contributed by atoms with Crippen molar-refractivity contribution in [2.45, 2.75) is 118 Å². The Morgan fingerprint density at radius 1 is 1.00 bits per heavy atom. The molecule has 0 bridgehead atoms. The van der Waals surface area contributed by atoms with Crippen LogP contribution in [-0.4, -0.2) is 31.1 Å². The Bertz CT molecular complexity index is 1740. The number of aromatic nitrogens is 4. The Labute approximate surface area is 268 Å². The van der Waals surface area contributed by atoms with Gasteiger partial charge in [-0.1, -0.05) is 77.5 Å². The molecule has 0 amide bonds. The fraction of sp³-hybridized carbons (Fsp3) is 0.667. The van der Waals surface area contributed by atoms with Crippen LogP contribution in [0, 0.1) is 44.8 Å². The summed E-state index contributed by atoms with van der Waals surface area (Å²) in [5.74, 6) is 0.665. The molecule has 5 aliphatic carbocycles. The van der Waals surface area contributed by atoms with Crippen molar-refractivity contribution >= 4 is 16.9 Å². The normalized spacial score (nSPS) is 39.5. The SMILES string of the molecule is CC1(C)CC[C@]2(C(=O)O)CC[C@]3(C)C(=CC[C@@H]4[C@@]5(C)Cc6nnn(Cc7ccc8cc[nH]c8c7)c6C(C)(C)[C@@H]5CC[C@]43C)[C@@H]2C1. The highest BCUT2D eigenvalue weighted by Crippen LogP contribution is 2.75. The van der Waals surface area contributed by atoms with Crippen molar-refractivity contribution in [3.05, 3.63) is 59.1 Å². The van der Waals surface area contributed by atoms with Crippen LogP contribution in [-0.2, 0) is 23.2 Å². The number of carboxylic acids is 1. The van der Waals surface area contributed by atoms with Crippen molar-refractivity contribution in [1.29, 1.82) is 0 Å². The first-order valence-corrected chi connectivity index (χ1v) is 17.6. The number of carboxylic acid groups (broad SMARTS) is 1. The number of aliphatic carboxylic acids is 1. The van der Waals surface area contributed by atoms with Crippen LogP contribution in [0.5, 0.6) is 0 Å². The molecule has 240 valence electrons. The van der Waals surface area contributed by atoms with Gasteiger partial charge in [-0.05, 0) is 120 Å². The van der Waals surface area contributed by atoms with Crippen LogP contribution in [0.25, 0.3) is 10.9 Å². The highest BCUT2D eigenvalue weighted by Gasteiger charge is 2.69. The molecule has 3 saturated carbocycles. The van der Waals surface area contributed by atoms with Gasteiger partial charge in [0.2, 0.25) is 0 Å². The average molecular weight is 609 g/mol. The van der Waals surface area contributed by atoms with E-state index in [9.17, 15) is 9.90 Å². The molecule has 3 fully saturated rings. The molecule has 0 radical (unpaired) electrons. The molecule has 0 unspecified atom stereocenters. The van der Waals surface area contributed by atoms with Crippen molar-refractivity contribution in [3.8, 4) is 0 Å². The summed E-state index contributed by atoms with van der Waals surface area (Å²) in [6, 6.07) is 8.78. The third-order valence-electron chi connectivity index (χ3n) is 15.1. The van der Waals surface area contributed by atoms with E-state index in [1.54, 1.807) is 0 Å². The Hall–Kier alpha value is -2.89. The quantitative estimate of drug-likeness (QED) is 0.291. The summed E-state index contributed by atoms with van der Waals surface area (Å²) in [4.78, 5) is 16.4. The first kappa shape index (κ1) is 29.5. The second-order valence-electron chi connectivity index (χ2n) is 18.0. The first-order chi connectivity index (χ1) is 21.1. The summed E-state index contributed by atoms with van der Waals surface area (Å²) >= 11 is 0. The predicted octanol–water partition coefficient (Wildman–Crippen LogP) is 8.71. The standard InChI is InChI=1S/C39H52N4O2/c1-34(2)15-17-39(33(44)45)18-16-37(6)26(27(39)21-34)10-11-31-36(5)22-29-32(35(3,4)30(36)12-14-38(31,37)7)43(42-41-29)23-24-8-9-25-13-19-40-28(25)20-24/h8-10,13,19-20,27,30-31,40H,11-12,14-18,21-23H2,1-7H3,(H,44,45)/t27-,30-,31+,36-,37+,38+,39-/m0/s1. The van der Waals surface area contributed by atoms with E-state index >= 15 is 0 Å². The smallest absolute Gasteiger partial charge is 0.310 e. The number of nitrogens with one attached hydrogen (secondary N) is 1. The number of carbonyl (C=O) groups is 1. The molecule has 0 spiro atoms. The summed E-state index contributed by atoms with van der Waals surface area (Å²) in [6.07, 6.45) is 13.6. The molecule has 2 heterocycles. The molecule has 0 saturated heterocycles. The van der Waals surface area contributed by atoms with Crippen LogP contribution in [0.1, 0.15) is 117 Å². The molecular weight excluding hydrogens is 556 g/mol. The lowest BCUT2D eigenvalue weighted by Gasteiger charge is -2.70. The fourth-order valence-electron chi connectivity index (χ4n) is 12.6. The summed E-state index contributed by atoms with van der Waals surface area (Å²) < 4.78 is 2.20. The van der Waals surface area contributed by atoms with Crippen molar-refractivity contribution < 1.29 is 9.90 Å². The van der Waals surface area contributed by atoms with Crippen LogP contribution >= 0.6 is 0 Å². The van der Waals surface area contributed by atoms with E-state index in [1.807, 2.05) is 6.20 Å². The zero-order chi connectivity index (χ0) is 31.8. The maximum Gasteiger partial charge on any atom is 0.310 e. The second kappa shape index (κ2) is 9.13. The number of fused-ring (bicyclic) bond motifs is 9. The van der Waals surface area contributed by atoms with Gasteiger partial charge in [-0.15, -0.1) is 5.10 Å². The Morgan fingerprint density at radius 3 is 2.56 bits per heavy atom. The van der Waals surface area contributed by atoms with Gasteiger partial charge in [0.15, 0.2) is 0 Å². The molecule has 3 aromatic rings. The van der Waals surface area contributed by atoms with Crippen molar-refractivity contribution in [3.63, 3.8) is 0 Å². The minimum Gasteiger partial charge on any atom is -0.481 e. The molecule has 2 N–H and O–H groups in total. The maximum absolute atomic E-state index is 13.0. The maximum atomic E-state index is 13.0. The van der Waals surface area contributed by atoms with Gasteiger partial charge in [-0.3, -0.25) is 4.79 Å². The molecule has 0 aliphatic heterocycles. The number of aromatic amines is 1. The second-order valence-corrected chi connectivity index (χ2v) is 18.0. The number of allylic oxidation sites excluding steroid dienone is 2. The van der Waals surface area contributed by atoms with Crippen LogP contribution in [0.3, 0.4) is 0 Å². The molecule has 5 aliphatic rings. The van der Waals surface area contributed by atoms with Gasteiger partial charge in [0.1, 0.15) is 0 Å². The molecule has 6 heteroatoms. The minimum atomic E-state index is -0.587. The molecule has 7 atom stereocenters. The molecule has 8 rings (SSSR count). The van der Waals surface area contributed by atoms with Gasteiger partial charge < -0.3 is 10.1 Å². The largest absolute Gasteiger partial charge is 0.481 e. The van der Waals surface area contributed by atoms with Crippen molar-refractivity contribution in [2.24, 2.45) is 44.8 Å². The lowest BCUT2D eigenvalue weighted by atomic mass is 9.34. The molecule has 2 aromatic heterocycles. The predicted molar refractivity (Wildman–Crippen MR) is 178 cm³/mol.